The van der Waals surface area contributed by atoms with Gasteiger partial charge in [0.2, 0.25) is 5.91 Å². The molecule has 0 aliphatic carbocycles. The Morgan fingerprint density at radius 1 is 1.14 bits per heavy atom. The molecule has 5 nitrogen and oxygen atoms in total. The maximum atomic E-state index is 12.2. The van der Waals surface area contributed by atoms with Crippen LogP contribution in [0.15, 0.2) is 48.8 Å². The summed E-state index contributed by atoms with van der Waals surface area (Å²) in [6.07, 6.45) is 4.06. The number of nitrogens with zero attached hydrogens (tertiary/aromatic N) is 2. The number of ether oxygens (including phenoxy) is 1. The van der Waals surface area contributed by atoms with E-state index in [4.69, 9.17) is 4.74 Å². The van der Waals surface area contributed by atoms with Crippen LogP contribution < -0.4 is 4.90 Å². The summed E-state index contributed by atoms with van der Waals surface area (Å²) in [4.78, 5) is 25.5. The minimum absolute atomic E-state index is 0.0509. The average molecular weight is 284 g/mol. The fraction of sp³-hybridized carbons (Fsp3) is 0.250. The molecule has 1 aliphatic rings. The second-order valence-electron chi connectivity index (χ2n) is 5.01. The highest BCUT2D eigenvalue weighted by Gasteiger charge is 2.36. The van der Waals surface area contributed by atoms with Crippen molar-refractivity contribution in [2.45, 2.75) is 6.42 Å². The van der Waals surface area contributed by atoms with Crippen LogP contribution in [0.3, 0.4) is 0 Å². The van der Waals surface area contributed by atoms with Gasteiger partial charge in [-0.05, 0) is 24.3 Å². The Hall–Kier alpha value is -2.56. The number of carbonyl (C=O) groups is 2. The Balaban J connectivity index is 1.95. The maximum Gasteiger partial charge on any atom is 0.311 e. The SMILES string of the molecule is COC(=O)C1CC(=O)N(c2ccccc2-n2cccc2)C1. The highest BCUT2D eigenvalue weighted by molar-refractivity contribution is 6.00. The Labute approximate surface area is 122 Å². The topological polar surface area (TPSA) is 51.5 Å². The van der Waals surface area contributed by atoms with E-state index in [-0.39, 0.29) is 24.2 Å². The lowest BCUT2D eigenvalue weighted by molar-refractivity contribution is -0.145. The van der Waals surface area contributed by atoms with Crippen LogP contribution in [0.2, 0.25) is 0 Å². The smallest absolute Gasteiger partial charge is 0.311 e. The number of rotatable bonds is 3. The van der Waals surface area contributed by atoms with Crippen molar-refractivity contribution in [3.05, 3.63) is 48.8 Å². The fourth-order valence-corrected chi connectivity index (χ4v) is 2.67. The third kappa shape index (κ3) is 2.42. The Bertz CT molecular complexity index is 664. The van der Waals surface area contributed by atoms with Gasteiger partial charge in [-0.25, -0.2) is 0 Å². The van der Waals surface area contributed by atoms with Crippen molar-refractivity contribution in [1.82, 2.24) is 4.57 Å². The second kappa shape index (κ2) is 5.44. The van der Waals surface area contributed by atoms with Crippen LogP contribution in [-0.4, -0.2) is 30.1 Å². The van der Waals surface area contributed by atoms with Gasteiger partial charge in [0, 0.05) is 25.4 Å². The summed E-state index contributed by atoms with van der Waals surface area (Å²) < 4.78 is 6.70. The summed E-state index contributed by atoms with van der Waals surface area (Å²) in [5.74, 6) is -0.769. The number of benzene rings is 1. The molecular formula is C16H16N2O3. The molecule has 1 fully saturated rings. The molecule has 1 amide bonds. The van der Waals surface area contributed by atoms with Crippen LogP contribution in [0.25, 0.3) is 5.69 Å². The van der Waals surface area contributed by atoms with Crippen molar-refractivity contribution in [1.29, 1.82) is 0 Å². The Kier molecular flexibility index (Phi) is 3.48. The molecule has 108 valence electrons. The summed E-state index contributed by atoms with van der Waals surface area (Å²) in [5, 5.41) is 0. The highest BCUT2D eigenvalue weighted by Crippen LogP contribution is 2.30. The van der Waals surface area contributed by atoms with Crippen molar-refractivity contribution < 1.29 is 14.3 Å². The fourth-order valence-electron chi connectivity index (χ4n) is 2.67. The summed E-state index contributed by atoms with van der Waals surface area (Å²) in [6.45, 7) is 0.365. The van der Waals surface area contributed by atoms with E-state index < -0.39 is 0 Å². The number of esters is 1. The van der Waals surface area contributed by atoms with Gasteiger partial charge in [0.05, 0.1) is 24.4 Å². The van der Waals surface area contributed by atoms with Crippen LogP contribution in [0.5, 0.6) is 0 Å². The molecule has 0 N–H and O–H groups in total. The van der Waals surface area contributed by atoms with Crippen molar-refractivity contribution in [3.63, 3.8) is 0 Å². The van der Waals surface area contributed by atoms with Gasteiger partial charge in [-0.15, -0.1) is 0 Å². The van der Waals surface area contributed by atoms with Gasteiger partial charge < -0.3 is 14.2 Å². The van der Waals surface area contributed by atoms with Crippen LogP contribution in [0.1, 0.15) is 6.42 Å². The van der Waals surface area contributed by atoms with E-state index in [1.165, 1.54) is 7.11 Å². The van der Waals surface area contributed by atoms with E-state index in [1.807, 2.05) is 53.4 Å². The first kappa shape index (κ1) is 13.4. The van der Waals surface area contributed by atoms with Gasteiger partial charge in [-0.1, -0.05) is 12.1 Å². The zero-order chi connectivity index (χ0) is 14.8. The third-order valence-electron chi connectivity index (χ3n) is 3.71. The van der Waals surface area contributed by atoms with Gasteiger partial charge in [0.1, 0.15) is 0 Å². The number of anilines is 1. The molecule has 5 heteroatoms. The minimum Gasteiger partial charge on any atom is -0.469 e. The molecule has 0 saturated carbocycles. The lowest BCUT2D eigenvalue weighted by Crippen LogP contribution is -2.27. The van der Waals surface area contributed by atoms with Crippen molar-refractivity contribution >= 4 is 17.6 Å². The van der Waals surface area contributed by atoms with Gasteiger partial charge in [-0.2, -0.15) is 0 Å². The predicted octanol–water partition coefficient (Wildman–Crippen LogP) is 2.00. The molecule has 2 heterocycles. The van der Waals surface area contributed by atoms with E-state index in [9.17, 15) is 9.59 Å². The first-order chi connectivity index (χ1) is 10.2. The lowest BCUT2D eigenvalue weighted by atomic mass is 10.1. The zero-order valence-electron chi connectivity index (χ0n) is 11.7. The molecule has 1 aromatic carbocycles. The van der Waals surface area contributed by atoms with E-state index >= 15 is 0 Å². The monoisotopic (exact) mass is 284 g/mol. The number of aromatic nitrogens is 1. The summed E-state index contributed by atoms with van der Waals surface area (Å²) >= 11 is 0. The van der Waals surface area contributed by atoms with Crippen LogP contribution in [0.4, 0.5) is 5.69 Å². The van der Waals surface area contributed by atoms with Crippen molar-refractivity contribution in [2.24, 2.45) is 5.92 Å². The van der Waals surface area contributed by atoms with E-state index in [1.54, 1.807) is 4.90 Å². The quantitative estimate of drug-likeness (QED) is 0.810. The normalized spacial score (nSPS) is 18.0. The molecular weight excluding hydrogens is 268 g/mol. The predicted molar refractivity (Wildman–Crippen MR) is 78.2 cm³/mol. The molecule has 1 aliphatic heterocycles. The number of hydrogen-bond acceptors (Lipinski definition) is 3. The highest BCUT2D eigenvalue weighted by atomic mass is 16.5. The average Bonchev–Trinajstić information content (AvgIpc) is 3.16. The number of para-hydroxylation sites is 2. The molecule has 2 aromatic rings. The van der Waals surface area contributed by atoms with E-state index in [0.717, 1.165) is 11.4 Å². The van der Waals surface area contributed by atoms with E-state index in [0.29, 0.717) is 6.54 Å². The molecule has 21 heavy (non-hydrogen) atoms. The van der Waals surface area contributed by atoms with E-state index in [2.05, 4.69) is 0 Å². The van der Waals surface area contributed by atoms with Gasteiger partial charge in [-0.3, -0.25) is 9.59 Å². The second-order valence-corrected chi connectivity index (χ2v) is 5.01. The summed E-state index contributed by atoms with van der Waals surface area (Å²) in [6, 6.07) is 11.5. The third-order valence-corrected chi connectivity index (χ3v) is 3.71. The Morgan fingerprint density at radius 3 is 2.48 bits per heavy atom. The van der Waals surface area contributed by atoms with Gasteiger partial charge in [0.25, 0.3) is 0 Å². The van der Waals surface area contributed by atoms with Crippen molar-refractivity contribution in [3.8, 4) is 5.69 Å². The molecule has 1 saturated heterocycles. The molecule has 1 unspecified atom stereocenters. The van der Waals surface area contributed by atoms with Gasteiger partial charge >= 0.3 is 5.97 Å². The molecule has 0 radical (unpaired) electrons. The largest absolute Gasteiger partial charge is 0.469 e. The maximum absolute atomic E-state index is 12.2. The first-order valence-electron chi connectivity index (χ1n) is 6.81. The molecule has 3 rings (SSSR count). The minimum atomic E-state index is -0.389. The lowest BCUT2D eigenvalue weighted by Gasteiger charge is -2.20. The summed E-state index contributed by atoms with van der Waals surface area (Å²) in [5.41, 5.74) is 1.73. The van der Waals surface area contributed by atoms with Crippen LogP contribution >= 0.6 is 0 Å². The first-order valence-corrected chi connectivity index (χ1v) is 6.81. The standard InChI is InChI=1S/C16H16N2O3/c1-21-16(20)12-10-15(19)18(11-12)14-7-3-2-6-13(14)17-8-4-5-9-17/h2-9,12H,10-11H2,1H3. The number of amides is 1. The van der Waals surface area contributed by atoms with Crippen LogP contribution in [0, 0.1) is 5.92 Å². The van der Waals surface area contributed by atoms with Gasteiger partial charge in [0.15, 0.2) is 0 Å². The number of hydrogen-bond donors (Lipinski definition) is 0. The van der Waals surface area contributed by atoms with Crippen LogP contribution in [-0.2, 0) is 14.3 Å². The number of carbonyl (C=O) groups excluding carboxylic acids is 2. The van der Waals surface area contributed by atoms with Crippen molar-refractivity contribution in [2.75, 3.05) is 18.6 Å². The molecule has 0 bridgehead atoms. The molecule has 1 aromatic heterocycles. The molecule has 1 atom stereocenters. The Morgan fingerprint density at radius 2 is 1.81 bits per heavy atom. The summed E-state index contributed by atoms with van der Waals surface area (Å²) in [7, 11) is 1.35. The zero-order valence-corrected chi connectivity index (χ0v) is 11.7. The molecule has 0 spiro atoms. The number of methoxy groups -OCH3 is 1.